The van der Waals surface area contributed by atoms with E-state index in [0.717, 1.165) is 25.3 Å². The lowest BCUT2D eigenvalue weighted by Crippen LogP contribution is -2.37. The molecule has 1 rings (SSSR count). The van der Waals surface area contributed by atoms with Gasteiger partial charge in [0.1, 0.15) is 0 Å². The third kappa shape index (κ3) is 2.81. The lowest BCUT2D eigenvalue weighted by Gasteiger charge is -2.23. The number of aliphatic imine (C=N–C) groups is 1. The van der Waals surface area contributed by atoms with Crippen LogP contribution in [0.4, 0.5) is 0 Å². The van der Waals surface area contributed by atoms with Crippen LogP contribution in [0.15, 0.2) is 4.99 Å². The topological polar surface area (TPSA) is 50.4 Å². The van der Waals surface area contributed by atoms with Crippen molar-refractivity contribution in [2.24, 2.45) is 16.1 Å². The van der Waals surface area contributed by atoms with Crippen LogP contribution in [-0.2, 0) is 0 Å². The molecule has 0 saturated carbocycles. The second-order valence-corrected chi connectivity index (χ2v) is 4.15. The fourth-order valence-electron chi connectivity index (χ4n) is 1.10. The lowest BCUT2D eigenvalue weighted by atomic mass is 9.94. The fourth-order valence-corrected chi connectivity index (χ4v) is 1.10. The molecular formula is C9H19N3. The molecule has 0 bridgehead atoms. The summed E-state index contributed by atoms with van der Waals surface area (Å²) in [6.07, 6.45) is 2.31. The van der Waals surface area contributed by atoms with Crippen LogP contribution >= 0.6 is 0 Å². The van der Waals surface area contributed by atoms with E-state index in [1.165, 1.54) is 6.42 Å². The highest BCUT2D eigenvalue weighted by Crippen LogP contribution is 2.11. The maximum absolute atomic E-state index is 5.61. The standard InChI is InChI=1S/C9H19N3/c1-9(2,6-10)7-12-8-4-3-5-11-8/h3-7,10H2,1-2H3,(H,11,12). The molecule has 0 aromatic heterocycles. The van der Waals surface area contributed by atoms with E-state index in [9.17, 15) is 0 Å². The Morgan fingerprint density at radius 1 is 1.58 bits per heavy atom. The Kier molecular flexibility index (Phi) is 3.09. The molecule has 0 spiro atoms. The van der Waals surface area contributed by atoms with Gasteiger partial charge >= 0.3 is 0 Å². The van der Waals surface area contributed by atoms with E-state index in [-0.39, 0.29) is 5.41 Å². The monoisotopic (exact) mass is 169 g/mol. The molecule has 0 aromatic rings. The molecule has 1 heterocycles. The number of rotatable bonds is 3. The van der Waals surface area contributed by atoms with Crippen molar-refractivity contribution < 1.29 is 0 Å². The maximum atomic E-state index is 5.61. The van der Waals surface area contributed by atoms with Crippen LogP contribution in [0.1, 0.15) is 26.7 Å². The Morgan fingerprint density at radius 3 is 2.83 bits per heavy atom. The van der Waals surface area contributed by atoms with E-state index >= 15 is 0 Å². The van der Waals surface area contributed by atoms with Crippen molar-refractivity contribution in [1.29, 1.82) is 0 Å². The van der Waals surface area contributed by atoms with Crippen molar-refractivity contribution >= 4 is 5.84 Å². The molecule has 0 atom stereocenters. The molecule has 0 amide bonds. The van der Waals surface area contributed by atoms with Crippen molar-refractivity contribution in [3.63, 3.8) is 0 Å². The highest BCUT2D eigenvalue weighted by Gasteiger charge is 2.16. The summed E-state index contributed by atoms with van der Waals surface area (Å²) in [4.78, 5) is 4.34. The molecular weight excluding hydrogens is 150 g/mol. The van der Waals surface area contributed by atoms with Crippen LogP contribution < -0.4 is 11.1 Å². The summed E-state index contributed by atoms with van der Waals surface area (Å²) in [5, 5.41) is 3.34. The summed E-state index contributed by atoms with van der Waals surface area (Å²) < 4.78 is 0. The summed E-state index contributed by atoms with van der Waals surface area (Å²) in [5.74, 6) is 1.16. The molecule has 70 valence electrons. The molecule has 3 N–H and O–H groups in total. The summed E-state index contributed by atoms with van der Waals surface area (Å²) >= 11 is 0. The predicted octanol–water partition coefficient (Wildman–Crippen LogP) is 0.753. The first-order chi connectivity index (χ1) is 5.64. The van der Waals surface area contributed by atoms with E-state index in [0.29, 0.717) is 6.54 Å². The first-order valence-corrected chi connectivity index (χ1v) is 4.61. The van der Waals surface area contributed by atoms with Crippen LogP contribution in [-0.4, -0.2) is 25.5 Å². The zero-order chi connectivity index (χ0) is 9.03. The average molecular weight is 169 g/mol. The average Bonchev–Trinajstić information content (AvgIpc) is 2.53. The Labute approximate surface area is 74.4 Å². The van der Waals surface area contributed by atoms with Crippen molar-refractivity contribution in [2.45, 2.75) is 26.7 Å². The zero-order valence-electron chi connectivity index (χ0n) is 8.06. The molecule has 0 fully saturated rings. The molecule has 1 aliphatic heterocycles. The van der Waals surface area contributed by atoms with Gasteiger partial charge in [-0.25, -0.2) is 0 Å². The predicted molar refractivity (Wildman–Crippen MR) is 52.4 cm³/mol. The largest absolute Gasteiger partial charge is 0.373 e. The Bertz CT molecular complexity index is 173. The van der Waals surface area contributed by atoms with Crippen LogP contribution in [0.5, 0.6) is 0 Å². The minimum atomic E-state index is 0.186. The fraction of sp³-hybridized carbons (Fsp3) is 0.889. The third-order valence-electron chi connectivity index (χ3n) is 2.20. The second-order valence-electron chi connectivity index (χ2n) is 4.15. The Morgan fingerprint density at radius 2 is 2.33 bits per heavy atom. The van der Waals surface area contributed by atoms with E-state index in [4.69, 9.17) is 5.73 Å². The maximum Gasteiger partial charge on any atom is 0.0963 e. The van der Waals surface area contributed by atoms with Gasteiger partial charge in [-0.15, -0.1) is 0 Å². The first kappa shape index (κ1) is 9.52. The minimum Gasteiger partial charge on any atom is -0.373 e. The van der Waals surface area contributed by atoms with Gasteiger partial charge in [0, 0.05) is 19.5 Å². The third-order valence-corrected chi connectivity index (χ3v) is 2.20. The van der Waals surface area contributed by atoms with Gasteiger partial charge in [0.05, 0.1) is 5.84 Å². The van der Waals surface area contributed by atoms with Gasteiger partial charge in [-0.2, -0.15) is 0 Å². The molecule has 3 nitrogen and oxygen atoms in total. The van der Waals surface area contributed by atoms with E-state index < -0.39 is 0 Å². The quantitative estimate of drug-likeness (QED) is 0.655. The molecule has 0 aliphatic carbocycles. The summed E-state index contributed by atoms with van der Waals surface area (Å²) in [5.41, 5.74) is 5.80. The van der Waals surface area contributed by atoms with Crippen molar-refractivity contribution in [3.05, 3.63) is 0 Å². The number of amidine groups is 1. The highest BCUT2D eigenvalue weighted by atomic mass is 15.0. The van der Waals surface area contributed by atoms with Gasteiger partial charge in [-0.3, -0.25) is 4.99 Å². The van der Waals surface area contributed by atoms with Crippen molar-refractivity contribution in [1.82, 2.24) is 5.32 Å². The summed E-state index contributed by atoms with van der Waals surface area (Å²) in [6.45, 7) is 6.96. The Hall–Kier alpha value is -0.570. The molecule has 3 heteroatoms. The number of hydrogen-bond donors (Lipinski definition) is 2. The Balaban J connectivity index is 2.24. The molecule has 0 saturated heterocycles. The van der Waals surface area contributed by atoms with E-state index in [1.54, 1.807) is 0 Å². The second kappa shape index (κ2) is 3.90. The first-order valence-electron chi connectivity index (χ1n) is 4.61. The molecule has 0 unspecified atom stereocenters. The number of nitrogens with zero attached hydrogens (tertiary/aromatic N) is 1. The van der Waals surface area contributed by atoms with Crippen LogP contribution in [0.25, 0.3) is 0 Å². The van der Waals surface area contributed by atoms with E-state index in [1.807, 2.05) is 0 Å². The zero-order valence-corrected chi connectivity index (χ0v) is 8.06. The van der Waals surface area contributed by atoms with Gasteiger partial charge in [-0.05, 0) is 18.4 Å². The number of hydrogen-bond acceptors (Lipinski definition) is 3. The van der Waals surface area contributed by atoms with Crippen LogP contribution in [0.2, 0.25) is 0 Å². The van der Waals surface area contributed by atoms with Crippen LogP contribution in [0, 0.1) is 5.41 Å². The summed E-state index contributed by atoms with van der Waals surface area (Å²) in [7, 11) is 0. The van der Waals surface area contributed by atoms with Gasteiger partial charge < -0.3 is 11.1 Å². The van der Waals surface area contributed by atoms with Gasteiger partial charge in [0.2, 0.25) is 0 Å². The van der Waals surface area contributed by atoms with E-state index in [2.05, 4.69) is 24.2 Å². The summed E-state index contributed by atoms with van der Waals surface area (Å²) in [6, 6.07) is 0. The number of nitrogens with two attached hydrogens (primary N) is 1. The SMILES string of the molecule is CC(C)(CN)CNC1=NCCC1. The molecule has 1 aliphatic rings. The van der Waals surface area contributed by atoms with Gasteiger partial charge in [0.25, 0.3) is 0 Å². The van der Waals surface area contributed by atoms with Crippen molar-refractivity contribution in [3.8, 4) is 0 Å². The number of nitrogens with one attached hydrogen (secondary N) is 1. The molecule has 0 aromatic carbocycles. The normalized spacial score (nSPS) is 17.8. The van der Waals surface area contributed by atoms with Crippen LogP contribution in [0.3, 0.4) is 0 Å². The highest BCUT2D eigenvalue weighted by molar-refractivity contribution is 5.83. The smallest absolute Gasteiger partial charge is 0.0963 e. The van der Waals surface area contributed by atoms with Crippen molar-refractivity contribution in [2.75, 3.05) is 19.6 Å². The minimum absolute atomic E-state index is 0.186. The van der Waals surface area contributed by atoms with Gasteiger partial charge in [-0.1, -0.05) is 13.8 Å². The lowest BCUT2D eigenvalue weighted by molar-refractivity contribution is 0.375. The van der Waals surface area contributed by atoms with Gasteiger partial charge in [0.15, 0.2) is 0 Å². The molecule has 12 heavy (non-hydrogen) atoms. The molecule has 0 radical (unpaired) electrons.